The molecule has 2 aromatic rings. The molecule has 1 N–H and O–H groups in total. The van der Waals surface area contributed by atoms with Crippen LogP contribution in [0.2, 0.25) is 0 Å². The van der Waals surface area contributed by atoms with Crippen LogP contribution in [0, 0.1) is 6.92 Å². The zero-order chi connectivity index (χ0) is 15.1. The lowest BCUT2D eigenvalue weighted by Crippen LogP contribution is -2.03. The van der Waals surface area contributed by atoms with Crippen LogP contribution in [0.1, 0.15) is 25.0 Å². The number of hydrogen-bond donors (Lipinski definition) is 1. The quantitative estimate of drug-likeness (QED) is 0.817. The van der Waals surface area contributed by atoms with Crippen molar-refractivity contribution in [3.8, 4) is 11.5 Å². The fourth-order valence-corrected chi connectivity index (χ4v) is 2.16. The van der Waals surface area contributed by atoms with Gasteiger partial charge < -0.3 is 14.8 Å². The van der Waals surface area contributed by atoms with Gasteiger partial charge in [0, 0.05) is 6.54 Å². The van der Waals surface area contributed by atoms with Gasteiger partial charge in [0.2, 0.25) is 0 Å². The molecule has 2 rings (SSSR count). The van der Waals surface area contributed by atoms with Gasteiger partial charge in [0.1, 0.15) is 11.5 Å². The van der Waals surface area contributed by atoms with Gasteiger partial charge in [-0.2, -0.15) is 0 Å². The standard InChI is InChI=1S/C18H23NO2/c1-4-20-16-8-6-7-15(12-16)13-19-17-10-9-14(3)11-18(17)21-5-2/h6-12,19H,4-5,13H2,1-3H3. The summed E-state index contributed by atoms with van der Waals surface area (Å²) in [7, 11) is 0. The van der Waals surface area contributed by atoms with Crippen molar-refractivity contribution >= 4 is 5.69 Å². The first-order chi connectivity index (χ1) is 10.2. The van der Waals surface area contributed by atoms with Crippen LogP contribution in [0.4, 0.5) is 5.69 Å². The summed E-state index contributed by atoms with van der Waals surface area (Å²) in [6, 6.07) is 14.3. The molecule has 0 heterocycles. The molecular weight excluding hydrogens is 262 g/mol. The summed E-state index contributed by atoms with van der Waals surface area (Å²) in [5.74, 6) is 1.81. The van der Waals surface area contributed by atoms with E-state index in [0.717, 1.165) is 23.7 Å². The van der Waals surface area contributed by atoms with E-state index >= 15 is 0 Å². The Balaban J connectivity index is 2.07. The molecule has 0 amide bonds. The molecule has 0 aliphatic heterocycles. The number of anilines is 1. The monoisotopic (exact) mass is 285 g/mol. The minimum atomic E-state index is 0.665. The fraction of sp³-hybridized carbons (Fsp3) is 0.333. The van der Waals surface area contributed by atoms with Gasteiger partial charge in [-0.15, -0.1) is 0 Å². The summed E-state index contributed by atoms with van der Waals surface area (Å²) in [6.45, 7) is 8.15. The molecule has 0 atom stereocenters. The lowest BCUT2D eigenvalue weighted by Gasteiger charge is -2.13. The Hall–Kier alpha value is -2.16. The Morgan fingerprint density at radius 2 is 1.76 bits per heavy atom. The molecule has 0 saturated heterocycles. The second-order valence-electron chi connectivity index (χ2n) is 4.87. The maximum atomic E-state index is 5.68. The summed E-state index contributed by atoms with van der Waals surface area (Å²) in [6.07, 6.45) is 0. The van der Waals surface area contributed by atoms with E-state index in [9.17, 15) is 0 Å². The average molecular weight is 285 g/mol. The minimum absolute atomic E-state index is 0.665. The second kappa shape index (κ2) is 7.58. The number of nitrogens with one attached hydrogen (secondary N) is 1. The molecule has 2 aromatic carbocycles. The van der Waals surface area contributed by atoms with Crippen molar-refractivity contribution < 1.29 is 9.47 Å². The molecule has 0 unspecified atom stereocenters. The highest BCUT2D eigenvalue weighted by Gasteiger charge is 2.04. The topological polar surface area (TPSA) is 30.5 Å². The summed E-state index contributed by atoms with van der Waals surface area (Å²) < 4.78 is 11.2. The third-order valence-electron chi connectivity index (χ3n) is 3.13. The first-order valence-electron chi connectivity index (χ1n) is 7.42. The van der Waals surface area contributed by atoms with E-state index < -0.39 is 0 Å². The van der Waals surface area contributed by atoms with Crippen LogP contribution < -0.4 is 14.8 Å². The molecule has 0 bridgehead atoms. The van der Waals surface area contributed by atoms with Gasteiger partial charge >= 0.3 is 0 Å². The third kappa shape index (κ3) is 4.42. The highest BCUT2D eigenvalue weighted by atomic mass is 16.5. The largest absolute Gasteiger partial charge is 0.494 e. The number of benzene rings is 2. The van der Waals surface area contributed by atoms with E-state index in [1.807, 2.05) is 26.0 Å². The van der Waals surface area contributed by atoms with E-state index in [1.54, 1.807) is 0 Å². The number of aryl methyl sites for hydroxylation is 1. The highest BCUT2D eigenvalue weighted by molar-refractivity contribution is 5.58. The molecule has 3 nitrogen and oxygen atoms in total. The van der Waals surface area contributed by atoms with E-state index in [4.69, 9.17) is 9.47 Å². The van der Waals surface area contributed by atoms with Gasteiger partial charge in [-0.1, -0.05) is 18.2 Å². The van der Waals surface area contributed by atoms with Crippen molar-refractivity contribution in [2.24, 2.45) is 0 Å². The van der Waals surface area contributed by atoms with Crippen molar-refractivity contribution in [1.29, 1.82) is 0 Å². The van der Waals surface area contributed by atoms with Crippen LogP contribution in [0.15, 0.2) is 42.5 Å². The van der Waals surface area contributed by atoms with Gasteiger partial charge in [0.25, 0.3) is 0 Å². The summed E-state index contributed by atoms with van der Waals surface area (Å²) in [4.78, 5) is 0. The van der Waals surface area contributed by atoms with Crippen molar-refractivity contribution in [2.75, 3.05) is 18.5 Å². The fourth-order valence-electron chi connectivity index (χ4n) is 2.16. The molecule has 21 heavy (non-hydrogen) atoms. The lowest BCUT2D eigenvalue weighted by atomic mass is 10.2. The third-order valence-corrected chi connectivity index (χ3v) is 3.13. The predicted octanol–water partition coefficient (Wildman–Crippen LogP) is 4.40. The van der Waals surface area contributed by atoms with Crippen molar-refractivity contribution in [2.45, 2.75) is 27.3 Å². The summed E-state index contributed by atoms with van der Waals surface area (Å²) >= 11 is 0. The molecule has 0 aromatic heterocycles. The average Bonchev–Trinajstić information content (AvgIpc) is 2.48. The Morgan fingerprint density at radius 1 is 0.952 bits per heavy atom. The number of hydrogen-bond acceptors (Lipinski definition) is 3. The van der Waals surface area contributed by atoms with Crippen LogP contribution in [0.25, 0.3) is 0 Å². The zero-order valence-corrected chi connectivity index (χ0v) is 13.0. The van der Waals surface area contributed by atoms with Gasteiger partial charge in [0.05, 0.1) is 18.9 Å². The first kappa shape index (κ1) is 15.2. The molecular formula is C18H23NO2. The van der Waals surface area contributed by atoms with Crippen molar-refractivity contribution in [3.05, 3.63) is 53.6 Å². The van der Waals surface area contributed by atoms with E-state index in [2.05, 4.69) is 42.6 Å². The number of rotatable bonds is 7. The molecule has 0 fully saturated rings. The van der Waals surface area contributed by atoms with Gasteiger partial charge in [-0.25, -0.2) is 0 Å². The Morgan fingerprint density at radius 3 is 2.52 bits per heavy atom. The zero-order valence-electron chi connectivity index (χ0n) is 13.0. The maximum absolute atomic E-state index is 5.68. The smallest absolute Gasteiger partial charge is 0.142 e. The van der Waals surface area contributed by atoms with Crippen LogP contribution in [0.3, 0.4) is 0 Å². The van der Waals surface area contributed by atoms with Crippen molar-refractivity contribution in [1.82, 2.24) is 0 Å². The maximum Gasteiger partial charge on any atom is 0.142 e. The van der Waals surface area contributed by atoms with Crippen LogP contribution in [-0.4, -0.2) is 13.2 Å². The highest BCUT2D eigenvalue weighted by Crippen LogP contribution is 2.26. The Labute approximate surface area is 126 Å². The van der Waals surface area contributed by atoms with E-state index in [-0.39, 0.29) is 0 Å². The summed E-state index contributed by atoms with van der Waals surface area (Å²) in [5, 5.41) is 3.43. The number of ether oxygens (including phenoxy) is 2. The van der Waals surface area contributed by atoms with E-state index in [0.29, 0.717) is 13.2 Å². The SMILES string of the molecule is CCOc1cccc(CNc2ccc(C)cc2OCC)c1. The summed E-state index contributed by atoms with van der Waals surface area (Å²) in [5.41, 5.74) is 3.40. The molecule has 0 radical (unpaired) electrons. The molecule has 0 aliphatic rings. The van der Waals surface area contributed by atoms with Crippen LogP contribution in [0.5, 0.6) is 11.5 Å². The first-order valence-corrected chi connectivity index (χ1v) is 7.42. The lowest BCUT2D eigenvalue weighted by molar-refractivity contribution is 0.340. The predicted molar refractivity (Wildman–Crippen MR) is 87.3 cm³/mol. The molecule has 112 valence electrons. The molecule has 3 heteroatoms. The van der Waals surface area contributed by atoms with Crippen LogP contribution in [-0.2, 0) is 6.54 Å². The Kier molecular flexibility index (Phi) is 5.50. The van der Waals surface area contributed by atoms with Crippen LogP contribution >= 0.6 is 0 Å². The normalized spacial score (nSPS) is 10.2. The molecule has 0 saturated carbocycles. The molecule has 0 aliphatic carbocycles. The van der Waals surface area contributed by atoms with Gasteiger partial charge in [-0.3, -0.25) is 0 Å². The molecule has 0 spiro atoms. The minimum Gasteiger partial charge on any atom is -0.494 e. The van der Waals surface area contributed by atoms with Crippen molar-refractivity contribution in [3.63, 3.8) is 0 Å². The van der Waals surface area contributed by atoms with E-state index in [1.165, 1.54) is 11.1 Å². The van der Waals surface area contributed by atoms with Gasteiger partial charge in [-0.05, 0) is 56.2 Å². The Bertz CT molecular complexity index is 581. The second-order valence-corrected chi connectivity index (χ2v) is 4.87. The van der Waals surface area contributed by atoms with Gasteiger partial charge in [0.15, 0.2) is 0 Å².